The van der Waals surface area contributed by atoms with Crippen molar-refractivity contribution >= 4 is 39.4 Å². The van der Waals surface area contributed by atoms with E-state index in [2.05, 4.69) is 10.3 Å². The van der Waals surface area contributed by atoms with E-state index in [4.69, 9.17) is 9.47 Å². The molecule has 5 aromatic rings. The molecular weight excluding hydrogens is 593 g/mol. The molecule has 0 bridgehead atoms. The molecule has 11 nitrogen and oxygen atoms in total. The number of alkyl carbamates (subject to hydrolysis) is 1. The first-order valence-corrected chi connectivity index (χ1v) is 15.0. The number of carbonyl (C=O) groups is 2. The lowest BCUT2D eigenvalue weighted by Crippen LogP contribution is -2.40. The number of hydrogen-bond acceptors (Lipinski definition) is 8. The molecule has 1 fully saturated rings. The van der Waals surface area contributed by atoms with Crippen LogP contribution in [0.4, 0.5) is 14.9 Å². The number of imidazole rings is 1. The van der Waals surface area contributed by atoms with Gasteiger partial charge in [-0.15, -0.1) is 0 Å². The quantitative estimate of drug-likeness (QED) is 0.275. The molecule has 1 atom stereocenters. The Bertz CT molecular complexity index is 2150. The van der Waals surface area contributed by atoms with Crippen LogP contribution in [-0.2, 0) is 11.3 Å². The largest absolute Gasteiger partial charge is 0.451 e. The highest BCUT2D eigenvalue weighted by Crippen LogP contribution is 2.48. The van der Waals surface area contributed by atoms with Crippen molar-refractivity contribution < 1.29 is 28.6 Å². The van der Waals surface area contributed by atoms with Gasteiger partial charge in [-0.25, -0.2) is 14.2 Å². The third kappa shape index (κ3) is 4.85. The summed E-state index contributed by atoms with van der Waals surface area (Å²) in [7, 11) is 0. The Morgan fingerprint density at radius 2 is 1.91 bits per heavy atom. The van der Waals surface area contributed by atoms with E-state index < -0.39 is 35.5 Å². The molecule has 0 saturated carbocycles. The van der Waals surface area contributed by atoms with Crippen LogP contribution in [0.2, 0.25) is 0 Å². The van der Waals surface area contributed by atoms with Crippen LogP contribution >= 0.6 is 0 Å². The molecule has 236 valence electrons. The van der Waals surface area contributed by atoms with Gasteiger partial charge >= 0.3 is 6.09 Å². The minimum Gasteiger partial charge on any atom is -0.451 e. The summed E-state index contributed by atoms with van der Waals surface area (Å²) < 4.78 is 31.0. The van der Waals surface area contributed by atoms with Gasteiger partial charge in [0.15, 0.2) is 17.3 Å². The van der Waals surface area contributed by atoms with Crippen LogP contribution in [0.5, 0.6) is 11.5 Å². The summed E-state index contributed by atoms with van der Waals surface area (Å²) in [5.74, 6) is -0.844. The van der Waals surface area contributed by atoms with Gasteiger partial charge in [0.25, 0.3) is 5.91 Å². The summed E-state index contributed by atoms with van der Waals surface area (Å²) in [6, 6.07) is 12.2. The Hall–Kier alpha value is -5.23. The maximum Gasteiger partial charge on any atom is 0.407 e. The van der Waals surface area contributed by atoms with E-state index in [0.29, 0.717) is 35.6 Å². The predicted octanol–water partition coefficient (Wildman–Crippen LogP) is 5.18. The van der Waals surface area contributed by atoms with Crippen LogP contribution in [-0.4, -0.2) is 56.0 Å². The molecule has 0 spiro atoms. The average Bonchev–Trinajstić information content (AvgIpc) is 3.61. The summed E-state index contributed by atoms with van der Waals surface area (Å²) in [5, 5.41) is 14.5. The molecule has 1 unspecified atom stereocenters. The Morgan fingerprint density at radius 3 is 2.63 bits per heavy atom. The highest BCUT2D eigenvalue weighted by atomic mass is 19.1. The van der Waals surface area contributed by atoms with Crippen LogP contribution in [0.1, 0.15) is 48.9 Å². The highest BCUT2D eigenvalue weighted by molar-refractivity contribution is 6.03. The zero-order valence-electron chi connectivity index (χ0n) is 25.8. The second-order valence-corrected chi connectivity index (χ2v) is 12.6. The molecule has 3 aromatic carbocycles. The van der Waals surface area contributed by atoms with Crippen LogP contribution in [0.15, 0.2) is 59.8 Å². The van der Waals surface area contributed by atoms with Crippen LogP contribution in [0.3, 0.4) is 0 Å². The number of halogens is 1. The number of anilines is 1. The summed E-state index contributed by atoms with van der Waals surface area (Å²) in [6.07, 6.45) is 2.69. The van der Waals surface area contributed by atoms with E-state index in [-0.39, 0.29) is 40.7 Å². The van der Waals surface area contributed by atoms with Crippen LogP contribution in [0, 0.1) is 12.7 Å². The smallest absolute Gasteiger partial charge is 0.407 e. The van der Waals surface area contributed by atoms with E-state index >= 15 is 4.39 Å². The van der Waals surface area contributed by atoms with Crippen molar-refractivity contribution in [1.29, 1.82) is 0 Å². The monoisotopic (exact) mass is 625 g/mol. The molecule has 46 heavy (non-hydrogen) atoms. The number of fused-ring (bicyclic) bond motifs is 3. The van der Waals surface area contributed by atoms with E-state index in [1.807, 2.05) is 36.4 Å². The number of nitrogens with one attached hydrogen (secondary N) is 1. The average molecular weight is 626 g/mol. The number of rotatable bonds is 4. The molecule has 2 aliphatic heterocycles. The normalized spacial score (nSPS) is 15.6. The second kappa shape index (κ2) is 10.7. The van der Waals surface area contributed by atoms with Gasteiger partial charge in [0.05, 0.1) is 35.1 Å². The number of amides is 1. The standard InChI is InChI=1S/C34H32FN5O6/c1-18-26(16-41)40(17-36-18)32(43)23-15-39-25-11-19-7-5-6-8-20(19)12-27(25)45-31-28(39)22(30(23)42)13-24(35)29(31)38-10-9-21(14-38)37-33(44)46-34(2,3)4/h5-8,11-13,15,17,21,41H,9-10,14,16H2,1-4H3,(H,37,44). The topological polar surface area (TPSA) is 128 Å². The number of aliphatic hydroxyl groups is 1. The number of benzene rings is 3. The molecule has 7 rings (SSSR count). The van der Waals surface area contributed by atoms with Crippen LogP contribution in [0.25, 0.3) is 27.4 Å². The lowest BCUT2D eigenvalue weighted by atomic mass is 10.0. The Kier molecular flexibility index (Phi) is 6.85. The number of ether oxygens (including phenoxy) is 2. The molecule has 12 heteroatoms. The number of nitrogens with zero attached hydrogens (tertiary/aromatic N) is 4. The second-order valence-electron chi connectivity index (χ2n) is 12.6. The first kappa shape index (κ1) is 29.5. The van der Waals surface area contributed by atoms with Gasteiger partial charge in [-0.2, -0.15) is 0 Å². The van der Waals surface area contributed by atoms with Crippen molar-refractivity contribution in [3.8, 4) is 17.2 Å². The molecule has 1 amide bonds. The summed E-state index contributed by atoms with van der Waals surface area (Å²) in [6.45, 7) is 7.23. The lowest BCUT2D eigenvalue weighted by molar-refractivity contribution is 0.0508. The van der Waals surface area contributed by atoms with Crippen molar-refractivity contribution in [2.24, 2.45) is 0 Å². The molecule has 1 saturated heterocycles. The fourth-order valence-corrected chi connectivity index (χ4v) is 6.25. The number of aromatic nitrogens is 3. The number of pyridine rings is 1. The van der Waals surface area contributed by atoms with Gasteiger partial charge in [0.2, 0.25) is 5.43 Å². The maximum atomic E-state index is 16.3. The van der Waals surface area contributed by atoms with Gasteiger partial charge in [-0.3, -0.25) is 14.2 Å². The lowest BCUT2D eigenvalue weighted by Gasteiger charge is -2.29. The zero-order valence-corrected chi connectivity index (χ0v) is 25.8. The molecule has 0 aliphatic carbocycles. The van der Waals surface area contributed by atoms with Crippen LogP contribution < -0.4 is 20.4 Å². The Labute approximate surface area is 262 Å². The van der Waals surface area contributed by atoms with Gasteiger partial charge in [-0.05, 0) is 63.1 Å². The number of carbonyl (C=O) groups excluding carboxylic acids is 2. The summed E-state index contributed by atoms with van der Waals surface area (Å²) in [4.78, 5) is 46.1. The van der Waals surface area contributed by atoms with Crippen molar-refractivity contribution in [2.45, 2.75) is 52.4 Å². The van der Waals surface area contributed by atoms with E-state index in [9.17, 15) is 19.5 Å². The minimum atomic E-state index is -0.701. The number of aliphatic hydroxyl groups excluding tert-OH is 1. The fourth-order valence-electron chi connectivity index (χ4n) is 6.25. The van der Waals surface area contributed by atoms with E-state index in [1.54, 1.807) is 37.2 Å². The highest BCUT2D eigenvalue weighted by Gasteiger charge is 2.35. The SMILES string of the molecule is Cc1ncn(C(=O)c2cn3c4c(c(N5CCC(NC(=O)OC(C)(C)C)C5)c(F)cc4c2=O)Oc2cc4ccccc4cc2-3)c1CO. The molecule has 2 N–H and O–H groups in total. The van der Waals surface area contributed by atoms with E-state index in [1.165, 1.54) is 12.5 Å². The van der Waals surface area contributed by atoms with E-state index in [0.717, 1.165) is 21.4 Å². The summed E-state index contributed by atoms with van der Waals surface area (Å²) in [5.41, 5.74) is 0.169. The zero-order chi connectivity index (χ0) is 32.5. The van der Waals surface area contributed by atoms with Crippen molar-refractivity contribution in [1.82, 2.24) is 19.4 Å². The molecule has 2 aliphatic rings. The van der Waals surface area contributed by atoms with Gasteiger partial charge < -0.3 is 29.4 Å². The first-order valence-electron chi connectivity index (χ1n) is 15.0. The minimum absolute atomic E-state index is 0.0362. The third-order valence-electron chi connectivity index (χ3n) is 8.37. The third-order valence-corrected chi connectivity index (χ3v) is 8.37. The predicted molar refractivity (Wildman–Crippen MR) is 170 cm³/mol. The summed E-state index contributed by atoms with van der Waals surface area (Å²) >= 11 is 0. The molecule has 4 heterocycles. The van der Waals surface area contributed by atoms with Crippen molar-refractivity contribution in [3.05, 3.63) is 88.0 Å². The maximum absolute atomic E-state index is 16.3. The number of aryl methyl sites for hydroxylation is 1. The molecule has 2 aromatic heterocycles. The first-order chi connectivity index (χ1) is 21.9. The fraction of sp³-hybridized carbons (Fsp3) is 0.294. The van der Waals surface area contributed by atoms with Crippen molar-refractivity contribution in [2.75, 3.05) is 18.0 Å². The Morgan fingerprint density at radius 1 is 1.17 bits per heavy atom. The van der Waals surface area contributed by atoms with Gasteiger partial charge in [0.1, 0.15) is 28.7 Å². The number of hydrogen-bond donors (Lipinski definition) is 2. The Balaban J connectivity index is 1.40. The molecule has 0 radical (unpaired) electrons. The van der Waals surface area contributed by atoms with Gasteiger partial charge in [0, 0.05) is 19.3 Å². The molecular formula is C34H32FN5O6. The van der Waals surface area contributed by atoms with Gasteiger partial charge in [-0.1, -0.05) is 24.3 Å². The van der Waals surface area contributed by atoms with Crippen molar-refractivity contribution in [3.63, 3.8) is 0 Å².